The first-order valence-corrected chi connectivity index (χ1v) is 9.26. The molecule has 0 spiro atoms. The van der Waals surface area contributed by atoms with Gasteiger partial charge in [0.1, 0.15) is 12.1 Å². The SMILES string of the molecule is C=CCN(Cc1ccc(Sc2nncn2C)o1)Cc1ccc(C)s1. The molecule has 0 saturated heterocycles. The average molecular weight is 361 g/mol. The molecule has 3 heterocycles. The van der Waals surface area contributed by atoms with Crippen LogP contribution in [-0.2, 0) is 20.1 Å². The zero-order chi connectivity index (χ0) is 16.9. The highest BCUT2D eigenvalue weighted by Crippen LogP contribution is 2.28. The van der Waals surface area contributed by atoms with E-state index in [4.69, 9.17) is 4.42 Å². The molecule has 0 saturated carbocycles. The van der Waals surface area contributed by atoms with Crippen LogP contribution < -0.4 is 0 Å². The normalized spacial score (nSPS) is 11.3. The standard InChI is InChI=1S/C17H20N4OS2/c1-4-9-21(11-15-7-5-13(2)23-15)10-14-6-8-16(22-14)24-17-19-18-12-20(17)3/h4-8,12H,1,9-11H2,2-3H3. The Balaban J connectivity index is 1.64. The molecule has 0 aliphatic heterocycles. The van der Waals surface area contributed by atoms with Crippen molar-refractivity contribution in [3.63, 3.8) is 0 Å². The molecule has 0 N–H and O–H groups in total. The summed E-state index contributed by atoms with van der Waals surface area (Å²) in [6.07, 6.45) is 3.61. The number of thiophene rings is 1. The topological polar surface area (TPSA) is 47.1 Å². The summed E-state index contributed by atoms with van der Waals surface area (Å²) in [4.78, 5) is 5.01. The number of nitrogens with zero attached hydrogens (tertiary/aromatic N) is 4. The van der Waals surface area contributed by atoms with Gasteiger partial charge in [-0.05, 0) is 43.0 Å². The van der Waals surface area contributed by atoms with Crippen LogP contribution in [0.3, 0.4) is 0 Å². The zero-order valence-corrected chi connectivity index (χ0v) is 15.4. The predicted octanol–water partition coefficient (Wildman–Crippen LogP) is 4.12. The Hall–Kier alpha value is -1.83. The van der Waals surface area contributed by atoms with Crippen molar-refractivity contribution < 1.29 is 4.42 Å². The Labute approximate surface area is 150 Å². The summed E-state index contributed by atoms with van der Waals surface area (Å²) in [5.74, 6) is 0.940. The minimum Gasteiger partial charge on any atom is -0.453 e. The number of aryl methyl sites for hydroxylation is 2. The summed E-state index contributed by atoms with van der Waals surface area (Å²) < 4.78 is 7.81. The van der Waals surface area contributed by atoms with Gasteiger partial charge in [-0.2, -0.15) is 0 Å². The van der Waals surface area contributed by atoms with Crippen LogP contribution in [0, 0.1) is 6.92 Å². The smallest absolute Gasteiger partial charge is 0.198 e. The largest absolute Gasteiger partial charge is 0.453 e. The van der Waals surface area contributed by atoms with Gasteiger partial charge in [-0.15, -0.1) is 28.1 Å². The van der Waals surface area contributed by atoms with Gasteiger partial charge >= 0.3 is 0 Å². The maximum Gasteiger partial charge on any atom is 0.198 e. The van der Waals surface area contributed by atoms with Crippen LogP contribution in [0.2, 0.25) is 0 Å². The molecule has 0 aliphatic rings. The van der Waals surface area contributed by atoms with Gasteiger partial charge in [-0.3, -0.25) is 4.90 Å². The van der Waals surface area contributed by atoms with E-state index in [-0.39, 0.29) is 0 Å². The van der Waals surface area contributed by atoms with Crippen molar-refractivity contribution in [1.29, 1.82) is 0 Å². The van der Waals surface area contributed by atoms with E-state index >= 15 is 0 Å². The van der Waals surface area contributed by atoms with Crippen LogP contribution in [-0.4, -0.2) is 26.2 Å². The third kappa shape index (κ3) is 4.37. The van der Waals surface area contributed by atoms with E-state index in [0.717, 1.165) is 35.6 Å². The summed E-state index contributed by atoms with van der Waals surface area (Å²) in [6, 6.07) is 8.35. The average Bonchev–Trinajstić information content (AvgIpc) is 3.25. The maximum atomic E-state index is 5.94. The van der Waals surface area contributed by atoms with E-state index in [0.29, 0.717) is 0 Å². The maximum absolute atomic E-state index is 5.94. The molecule has 0 fully saturated rings. The van der Waals surface area contributed by atoms with Crippen LogP contribution in [0.5, 0.6) is 0 Å². The van der Waals surface area contributed by atoms with Crippen LogP contribution in [0.15, 0.2) is 57.9 Å². The molecule has 7 heteroatoms. The fraction of sp³-hybridized carbons (Fsp3) is 0.294. The number of hydrogen-bond donors (Lipinski definition) is 0. The van der Waals surface area contributed by atoms with Crippen molar-refractivity contribution in [3.8, 4) is 0 Å². The lowest BCUT2D eigenvalue weighted by atomic mass is 10.3. The molecule has 0 aromatic carbocycles. The first-order valence-electron chi connectivity index (χ1n) is 7.63. The fourth-order valence-corrected chi connectivity index (χ4v) is 4.01. The quantitative estimate of drug-likeness (QED) is 0.566. The van der Waals surface area contributed by atoms with Crippen LogP contribution in [0.25, 0.3) is 0 Å². The molecular weight excluding hydrogens is 340 g/mol. The van der Waals surface area contributed by atoms with Gasteiger partial charge in [-0.25, -0.2) is 0 Å². The van der Waals surface area contributed by atoms with E-state index < -0.39 is 0 Å². The van der Waals surface area contributed by atoms with E-state index in [9.17, 15) is 0 Å². The van der Waals surface area contributed by atoms with Crippen LogP contribution in [0.4, 0.5) is 0 Å². The van der Waals surface area contributed by atoms with Crippen LogP contribution >= 0.6 is 23.1 Å². The predicted molar refractivity (Wildman–Crippen MR) is 97.2 cm³/mol. The molecule has 5 nitrogen and oxygen atoms in total. The lowest BCUT2D eigenvalue weighted by Crippen LogP contribution is -2.22. The summed E-state index contributed by atoms with van der Waals surface area (Å²) in [6.45, 7) is 8.47. The van der Waals surface area contributed by atoms with E-state index in [2.05, 4.69) is 40.7 Å². The van der Waals surface area contributed by atoms with Gasteiger partial charge in [0, 0.05) is 29.9 Å². The van der Waals surface area contributed by atoms with E-state index in [1.165, 1.54) is 21.5 Å². The van der Waals surface area contributed by atoms with Crippen LogP contribution in [0.1, 0.15) is 15.5 Å². The summed E-state index contributed by atoms with van der Waals surface area (Å²) in [5.41, 5.74) is 0. The number of aromatic nitrogens is 3. The third-order valence-corrected chi connectivity index (χ3v) is 5.40. The van der Waals surface area contributed by atoms with Crippen molar-refractivity contribution in [1.82, 2.24) is 19.7 Å². The number of furan rings is 1. The van der Waals surface area contributed by atoms with Gasteiger partial charge < -0.3 is 8.98 Å². The lowest BCUT2D eigenvalue weighted by Gasteiger charge is -2.18. The second-order valence-electron chi connectivity index (χ2n) is 5.52. The molecular formula is C17H20N4OS2. The molecule has 0 amide bonds. The highest BCUT2D eigenvalue weighted by molar-refractivity contribution is 7.99. The highest BCUT2D eigenvalue weighted by atomic mass is 32.2. The second kappa shape index (κ2) is 7.83. The number of hydrogen-bond acceptors (Lipinski definition) is 6. The molecule has 0 aliphatic carbocycles. The Morgan fingerprint density at radius 3 is 2.88 bits per heavy atom. The molecule has 0 unspecified atom stereocenters. The van der Waals surface area contributed by atoms with Gasteiger partial charge in [0.25, 0.3) is 0 Å². The molecule has 3 aromatic heterocycles. The Morgan fingerprint density at radius 1 is 1.33 bits per heavy atom. The van der Waals surface area contributed by atoms with Crippen molar-refractivity contribution in [2.75, 3.05) is 6.54 Å². The summed E-state index contributed by atoms with van der Waals surface area (Å²) in [5, 5.41) is 9.58. The fourth-order valence-electron chi connectivity index (χ4n) is 2.33. The summed E-state index contributed by atoms with van der Waals surface area (Å²) in [7, 11) is 1.92. The van der Waals surface area contributed by atoms with E-state index in [1.54, 1.807) is 6.33 Å². The monoisotopic (exact) mass is 360 g/mol. The van der Waals surface area contributed by atoms with Gasteiger partial charge in [0.05, 0.1) is 6.54 Å². The van der Waals surface area contributed by atoms with Crippen molar-refractivity contribution in [3.05, 3.63) is 58.8 Å². The van der Waals surface area contributed by atoms with Crippen molar-refractivity contribution in [2.24, 2.45) is 7.05 Å². The van der Waals surface area contributed by atoms with Crippen molar-refractivity contribution in [2.45, 2.75) is 30.3 Å². The van der Waals surface area contributed by atoms with Gasteiger partial charge in [0.2, 0.25) is 0 Å². The number of rotatable bonds is 8. The molecule has 0 atom stereocenters. The van der Waals surface area contributed by atoms with Crippen molar-refractivity contribution >= 4 is 23.1 Å². The molecule has 0 radical (unpaired) electrons. The molecule has 3 aromatic rings. The first-order chi connectivity index (χ1) is 11.6. The minimum absolute atomic E-state index is 0.752. The first kappa shape index (κ1) is 17.0. The Morgan fingerprint density at radius 2 is 2.21 bits per heavy atom. The second-order valence-corrected chi connectivity index (χ2v) is 7.86. The zero-order valence-electron chi connectivity index (χ0n) is 13.8. The lowest BCUT2D eigenvalue weighted by molar-refractivity contribution is 0.254. The summed E-state index contributed by atoms with van der Waals surface area (Å²) >= 11 is 3.31. The third-order valence-electron chi connectivity index (χ3n) is 3.44. The van der Waals surface area contributed by atoms with Gasteiger partial charge in [0.15, 0.2) is 10.2 Å². The van der Waals surface area contributed by atoms with Gasteiger partial charge in [-0.1, -0.05) is 6.08 Å². The minimum atomic E-state index is 0.752. The Kier molecular flexibility index (Phi) is 5.55. The molecule has 126 valence electrons. The highest BCUT2D eigenvalue weighted by Gasteiger charge is 2.12. The van der Waals surface area contributed by atoms with E-state index in [1.807, 2.05) is 41.2 Å². The molecule has 0 bridgehead atoms. The molecule has 3 rings (SSSR count). The molecule has 24 heavy (non-hydrogen) atoms. The Bertz CT molecular complexity index is 805.